The fourth-order valence-electron chi connectivity index (χ4n) is 5.53. The molecular formula is C26H40O8. The lowest BCUT2D eigenvalue weighted by Gasteiger charge is -2.35. The van der Waals surface area contributed by atoms with Gasteiger partial charge in [0.1, 0.15) is 17.8 Å². The normalized spacial score (nSPS) is 40.2. The van der Waals surface area contributed by atoms with Crippen LogP contribution in [0, 0.1) is 11.8 Å². The quantitative estimate of drug-likeness (QED) is 0.467. The molecule has 0 aromatic carbocycles. The lowest BCUT2D eigenvalue weighted by atomic mass is 9.73. The summed E-state index contributed by atoms with van der Waals surface area (Å²) < 4.78 is 17.0. The molecule has 0 amide bonds. The third kappa shape index (κ3) is 6.07. The number of fused-ring (bicyclic) bond motifs is 1. The summed E-state index contributed by atoms with van der Waals surface area (Å²) in [5, 5.41) is 22.6. The third-order valence-corrected chi connectivity index (χ3v) is 7.72. The molecule has 2 saturated heterocycles. The third-order valence-electron chi connectivity index (χ3n) is 7.72. The smallest absolute Gasteiger partial charge is 0.339 e. The molecule has 7 atom stereocenters. The molecule has 0 spiro atoms. The number of Topliss-reactive ketones (excluding diaryl/α,β-unsaturated/α-hetero) is 1. The van der Waals surface area contributed by atoms with Crippen LogP contribution in [0.3, 0.4) is 0 Å². The number of allylic oxidation sites excluding steroid dienone is 2. The Bertz CT molecular complexity index is 797. The minimum atomic E-state index is -1.96. The number of aliphatic hydroxyl groups is 2. The van der Waals surface area contributed by atoms with Crippen molar-refractivity contribution in [3.05, 3.63) is 11.6 Å². The van der Waals surface area contributed by atoms with Crippen LogP contribution in [-0.2, 0) is 28.6 Å². The predicted octanol–water partition coefficient (Wildman–Crippen LogP) is 3.02. The van der Waals surface area contributed by atoms with Crippen LogP contribution < -0.4 is 0 Å². The van der Waals surface area contributed by atoms with Crippen molar-refractivity contribution in [1.82, 2.24) is 0 Å². The van der Waals surface area contributed by atoms with Crippen molar-refractivity contribution in [2.24, 2.45) is 11.8 Å². The van der Waals surface area contributed by atoms with Crippen LogP contribution in [0.25, 0.3) is 0 Å². The van der Waals surface area contributed by atoms with Crippen LogP contribution >= 0.6 is 0 Å². The van der Waals surface area contributed by atoms with Gasteiger partial charge in [0.05, 0.1) is 6.10 Å². The highest BCUT2D eigenvalue weighted by Gasteiger charge is 2.61. The number of esters is 2. The molecular weight excluding hydrogens is 440 g/mol. The maximum atomic E-state index is 13.3. The van der Waals surface area contributed by atoms with Gasteiger partial charge in [0.2, 0.25) is 0 Å². The molecule has 1 aliphatic carbocycles. The molecule has 8 heteroatoms. The Morgan fingerprint density at radius 1 is 1.24 bits per heavy atom. The molecule has 2 aliphatic heterocycles. The second-order valence-electron chi connectivity index (χ2n) is 10.7. The summed E-state index contributed by atoms with van der Waals surface area (Å²) in [5.74, 6) is -2.94. The summed E-state index contributed by atoms with van der Waals surface area (Å²) in [6.07, 6.45) is 4.40. The van der Waals surface area contributed by atoms with E-state index < -0.39 is 47.0 Å². The topological polar surface area (TPSA) is 119 Å². The van der Waals surface area contributed by atoms with Crippen LogP contribution in [0.15, 0.2) is 11.6 Å². The molecule has 0 radical (unpaired) electrons. The lowest BCUT2D eigenvalue weighted by molar-refractivity contribution is -0.167. The van der Waals surface area contributed by atoms with Gasteiger partial charge in [-0.25, -0.2) is 4.79 Å². The highest BCUT2D eigenvalue weighted by atomic mass is 16.6. The number of ether oxygens (including phenoxy) is 3. The Kier molecular flexibility index (Phi) is 8.58. The van der Waals surface area contributed by atoms with Gasteiger partial charge in [-0.1, -0.05) is 18.6 Å². The predicted molar refractivity (Wildman–Crippen MR) is 124 cm³/mol. The van der Waals surface area contributed by atoms with Crippen LogP contribution in [0.4, 0.5) is 0 Å². The van der Waals surface area contributed by atoms with E-state index in [0.29, 0.717) is 19.4 Å². The first-order chi connectivity index (χ1) is 15.9. The molecule has 3 rings (SSSR count). The first-order valence-corrected chi connectivity index (χ1v) is 12.6. The van der Waals surface area contributed by atoms with Gasteiger partial charge < -0.3 is 24.4 Å². The average Bonchev–Trinajstić information content (AvgIpc) is 3.33. The molecule has 2 heterocycles. The molecule has 2 fully saturated rings. The highest BCUT2D eigenvalue weighted by molar-refractivity contribution is 5.89. The van der Waals surface area contributed by atoms with Gasteiger partial charge >= 0.3 is 11.9 Å². The second kappa shape index (κ2) is 10.9. The molecule has 2 N–H and O–H groups in total. The van der Waals surface area contributed by atoms with E-state index in [-0.39, 0.29) is 31.3 Å². The fourth-order valence-corrected chi connectivity index (χ4v) is 5.53. The minimum Gasteiger partial charge on any atom is -0.458 e. The Hall–Kier alpha value is -1.77. The number of carbonyl (C=O) groups excluding carboxylic acids is 3. The molecule has 192 valence electrons. The van der Waals surface area contributed by atoms with Gasteiger partial charge in [-0.3, -0.25) is 9.59 Å². The van der Waals surface area contributed by atoms with Gasteiger partial charge in [-0.15, -0.1) is 0 Å². The van der Waals surface area contributed by atoms with Crippen molar-refractivity contribution in [3.8, 4) is 0 Å². The molecule has 3 aliphatic rings. The molecule has 8 nitrogen and oxygen atoms in total. The van der Waals surface area contributed by atoms with E-state index in [4.69, 9.17) is 14.2 Å². The molecule has 0 saturated carbocycles. The van der Waals surface area contributed by atoms with Crippen LogP contribution in [-0.4, -0.2) is 64.1 Å². The lowest BCUT2D eigenvalue weighted by Crippen LogP contribution is -2.50. The summed E-state index contributed by atoms with van der Waals surface area (Å²) in [4.78, 5) is 38.4. The maximum Gasteiger partial charge on any atom is 0.339 e. The minimum absolute atomic E-state index is 0.00548. The fraction of sp³-hybridized carbons (Fsp3) is 0.808. The Morgan fingerprint density at radius 2 is 1.97 bits per heavy atom. The zero-order chi connectivity index (χ0) is 25.1. The number of hydrogen-bond acceptors (Lipinski definition) is 8. The van der Waals surface area contributed by atoms with Crippen LogP contribution in [0.1, 0.15) is 85.5 Å². The van der Waals surface area contributed by atoms with Gasteiger partial charge in [0.15, 0.2) is 11.4 Å². The number of carbonyl (C=O) groups is 3. The standard InChI is InChI=1S/C26H40O8/c1-16-8-5-10-17(2)22(33-18(3)27)23-20(14-21(28)25(4,30)12-6-9-16)26(31,24(29)34-23)15-19-11-7-13-32-19/h9,17,19-20,22-23,30-31H,5-8,10-15H2,1-4H3/t17-,19?,20+,22+,23-,25+,26+/m0/s1. The SMILES string of the molecule is CC(=O)O[C@H]1[C@H]2OC(=O)[C@@](O)(CC3CCCO3)[C@@H]2CC(=O)[C@](C)(O)CCC=C(C)CCC[C@@H]1C. The zero-order valence-electron chi connectivity index (χ0n) is 20.9. The van der Waals surface area contributed by atoms with E-state index in [1.807, 2.05) is 19.9 Å². The van der Waals surface area contributed by atoms with Crippen molar-refractivity contribution in [2.45, 2.75) is 115 Å². The van der Waals surface area contributed by atoms with E-state index in [2.05, 4.69) is 0 Å². The number of rotatable bonds is 3. The van der Waals surface area contributed by atoms with Crippen molar-refractivity contribution < 1.29 is 38.8 Å². The van der Waals surface area contributed by atoms with Gasteiger partial charge in [0.25, 0.3) is 0 Å². The van der Waals surface area contributed by atoms with E-state index in [1.54, 1.807) is 0 Å². The van der Waals surface area contributed by atoms with Crippen molar-refractivity contribution in [1.29, 1.82) is 0 Å². The second-order valence-corrected chi connectivity index (χ2v) is 10.7. The van der Waals surface area contributed by atoms with E-state index in [9.17, 15) is 24.6 Å². The molecule has 0 bridgehead atoms. The first kappa shape index (κ1) is 26.8. The van der Waals surface area contributed by atoms with E-state index in [0.717, 1.165) is 25.7 Å². The van der Waals surface area contributed by atoms with Gasteiger partial charge in [-0.05, 0) is 64.7 Å². The first-order valence-electron chi connectivity index (χ1n) is 12.6. The molecule has 34 heavy (non-hydrogen) atoms. The van der Waals surface area contributed by atoms with Crippen molar-refractivity contribution in [2.75, 3.05) is 6.61 Å². The summed E-state index contributed by atoms with van der Waals surface area (Å²) in [6, 6.07) is 0. The van der Waals surface area contributed by atoms with Crippen molar-refractivity contribution >= 4 is 17.7 Å². The monoisotopic (exact) mass is 480 g/mol. The number of hydrogen-bond donors (Lipinski definition) is 2. The van der Waals surface area contributed by atoms with Crippen molar-refractivity contribution in [3.63, 3.8) is 0 Å². The molecule has 0 aromatic rings. The van der Waals surface area contributed by atoms with Crippen LogP contribution in [0.2, 0.25) is 0 Å². The summed E-state index contributed by atoms with van der Waals surface area (Å²) in [6.45, 7) is 7.28. The molecule has 1 unspecified atom stereocenters. The van der Waals surface area contributed by atoms with E-state index >= 15 is 0 Å². The Labute approximate surface area is 202 Å². The zero-order valence-corrected chi connectivity index (χ0v) is 20.9. The summed E-state index contributed by atoms with van der Waals surface area (Å²) >= 11 is 0. The largest absolute Gasteiger partial charge is 0.458 e. The highest BCUT2D eigenvalue weighted by Crippen LogP contribution is 2.44. The summed E-state index contributed by atoms with van der Waals surface area (Å²) in [5.41, 5.74) is -2.41. The average molecular weight is 481 g/mol. The Morgan fingerprint density at radius 3 is 2.62 bits per heavy atom. The molecule has 0 aromatic heterocycles. The van der Waals surface area contributed by atoms with Gasteiger partial charge in [0, 0.05) is 32.3 Å². The number of ketones is 1. The van der Waals surface area contributed by atoms with E-state index in [1.165, 1.54) is 19.4 Å². The van der Waals surface area contributed by atoms with Gasteiger partial charge in [-0.2, -0.15) is 0 Å². The Balaban J connectivity index is 2.00. The summed E-state index contributed by atoms with van der Waals surface area (Å²) in [7, 11) is 0. The maximum absolute atomic E-state index is 13.3. The van der Waals surface area contributed by atoms with Crippen LogP contribution in [0.5, 0.6) is 0 Å².